The molecular weight excluding hydrogens is 1280 g/mol. The van der Waals surface area contributed by atoms with Crippen molar-refractivity contribution in [2.24, 2.45) is 0 Å². The lowest BCUT2D eigenvalue weighted by Gasteiger charge is -2.21. The number of ether oxygens (including phenoxy) is 4. The Bertz CT molecular complexity index is 2380. The van der Waals surface area contributed by atoms with E-state index in [1.165, 1.54) is 57.8 Å². The molecule has 3 N–H and O–H groups in total. The number of aliphatic hydroxyl groups is 1. The fourth-order valence-electron chi connectivity index (χ4n) is 9.45. The van der Waals surface area contributed by atoms with Crippen LogP contribution in [-0.2, 0) is 65.4 Å². The van der Waals surface area contributed by atoms with E-state index in [0.29, 0.717) is 32.1 Å². The molecule has 0 bridgehead atoms. The van der Waals surface area contributed by atoms with Crippen LogP contribution in [0.4, 0.5) is 0 Å². The van der Waals surface area contributed by atoms with Crippen LogP contribution in [-0.4, -0.2) is 96.7 Å². The monoisotopic (exact) mass is 1410 g/mol. The number of allylic oxidation sites excluding steroid dienone is 22. The smallest absolute Gasteiger partial charge is 0.462 e. The van der Waals surface area contributed by atoms with E-state index in [4.69, 9.17) is 37.0 Å². The molecule has 0 saturated heterocycles. The summed E-state index contributed by atoms with van der Waals surface area (Å²) >= 11 is 0. The zero-order chi connectivity index (χ0) is 71.8. The molecule has 5 atom stereocenters. The first-order chi connectivity index (χ1) is 47.7. The number of phosphoric ester groups is 2. The van der Waals surface area contributed by atoms with Gasteiger partial charge in [0.2, 0.25) is 0 Å². The summed E-state index contributed by atoms with van der Waals surface area (Å²) in [6, 6.07) is 0. The molecule has 0 aliphatic carbocycles. The van der Waals surface area contributed by atoms with Crippen molar-refractivity contribution in [3.8, 4) is 0 Å². The van der Waals surface area contributed by atoms with Crippen LogP contribution in [0.1, 0.15) is 285 Å². The molecule has 17 nitrogen and oxygen atoms in total. The zero-order valence-corrected chi connectivity index (χ0v) is 62.7. The molecule has 0 saturated carbocycles. The normalized spacial score (nSPS) is 14.7. The molecule has 0 heterocycles. The number of esters is 4. The first-order valence-corrected chi connectivity index (χ1v) is 40.4. The van der Waals surface area contributed by atoms with Gasteiger partial charge >= 0.3 is 39.5 Å². The van der Waals surface area contributed by atoms with Gasteiger partial charge in [-0.15, -0.1) is 0 Å². The molecule has 0 rings (SSSR count). The number of unbranched alkanes of at least 4 members (excludes halogenated alkanes) is 21. The molecule has 98 heavy (non-hydrogen) atoms. The zero-order valence-electron chi connectivity index (χ0n) is 60.9. The van der Waals surface area contributed by atoms with Gasteiger partial charge in [0.25, 0.3) is 0 Å². The second-order valence-corrected chi connectivity index (χ2v) is 27.4. The van der Waals surface area contributed by atoms with Crippen molar-refractivity contribution in [1.82, 2.24) is 0 Å². The van der Waals surface area contributed by atoms with Crippen molar-refractivity contribution in [2.45, 2.75) is 303 Å². The van der Waals surface area contributed by atoms with Crippen LogP contribution < -0.4 is 0 Å². The third-order valence-corrected chi connectivity index (χ3v) is 17.0. The Morgan fingerprint density at radius 1 is 0.296 bits per heavy atom. The summed E-state index contributed by atoms with van der Waals surface area (Å²) in [5, 5.41) is 10.6. The van der Waals surface area contributed by atoms with Crippen molar-refractivity contribution in [3.05, 3.63) is 134 Å². The lowest BCUT2D eigenvalue weighted by molar-refractivity contribution is -0.161. The molecule has 0 radical (unpaired) electrons. The number of carbonyl (C=O) groups is 4. The second-order valence-electron chi connectivity index (χ2n) is 24.5. The number of hydrogen-bond donors (Lipinski definition) is 3. The van der Waals surface area contributed by atoms with E-state index in [-0.39, 0.29) is 25.7 Å². The third kappa shape index (κ3) is 69.7. The van der Waals surface area contributed by atoms with Gasteiger partial charge in [0.05, 0.1) is 26.4 Å². The van der Waals surface area contributed by atoms with E-state index in [1.807, 2.05) is 12.2 Å². The highest BCUT2D eigenvalue weighted by molar-refractivity contribution is 7.47. The summed E-state index contributed by atoms with van der Waals surface area (Å²) < 4.78 is 68.3. The predicted molar refractivity (Wildman–Crippen MR) is 399 cm³/mol. The Morgan fingerprint density at radius 3 is 0.898 bits per heavy atom. The maximum absolute atomic E-state index is 13.1. The summed E-state index contributed by atoms with van der Waals surface area (Å²) in [6.45, 7) is 4.47. The highest BCUT2D eigenvalue weighted by atomic mass is 31.2. The van der Waals surface area contributed by atoms with E-state index in [1.54, 1.807) is 0 Å². The summed E-state index contributed by atoms with van der Waals surface area (Å²) in [6.07, 6.45) is 77.5. The fraction of sp³-hybridized carbons (Fsp3) is 0.671. The average Bonchev–Trinajstić information content (AvgIpc) is 0.986. The quantitative estimate of drug-likeness (QED) is 0.0169. The number of phosphoric acid groups is 2. The van der Waals surface area contributed by atoms with Crippen LogP contribution >= 0.6 is 15.6 Å². The van der Waals surface area contributed by atoms with Gasteiger partial charge in [-0.05, 0) is 135 Å². The first-order valence-electron chi connectivity index (χ1n) is 37.4. The number of rotatable bonds is 69. The van der Waals surface area contributed by atoms with Crippen LogP contribution in [0, 0.1) is 0 Å². The molecule has 0 aromatic carbocycles. The van der Waals surface area contributed by atoms with Gasteiger partial charge in [-0.2, -0.15) is 0 Å². The van der Waals surface area contributed by atoms with Gasteiger partial charge in [0, 0.05) is 25.7 Å². The van der Waals surface area contributed by atoms with E-state index in [9.17, 15) is 43.2 Å². The minimum atomic E-state index is -4.99. The SMILES string of the molecule is CC/C=C\C/C=C\C/C=C\C/C=C\C/C=C\CCCC(=O)OCC(COP(=O)(O)OCC(O)COP(=O)(O)OCC(COC(=O)CCCC/C=C\C/C=C\C/C=C\C/C=C\CC)OC(=O)CCCCCCC/C=C\C/C=C\CCCCC)OC(=O)CCCCCCCCCCCCC. The van der Waals surface area contributed by atoms with Crippen LogP contribution in [0.5, 0.6) is 0 Å². The van der Waals surface area contributed by atoms with Crippen LogP contribution in [0.15, 0.2) is 134 Å². The van der Waals surface area contributed by atoms with Gasteiger partial charge in [0.15, 0.2) is 12.2 Å². The van der Waals surface area contributed by atoms with Gasteiger partial charge in [0.1, 0.15) is 19.3 Å². The van der Waals surface area contributed by atoms with E-state index >= 15 is 0 Å². The Hall–Kier alpha value is -4.80. The molecule has 19 heteroatoms. The van der Waals surface area contributed by atoms with E-state index in [0.717, 1.165) is 141 Å². The molecule has 0 aromatic rings. The van der Waals surface area contributed by atoms with Gasteiger partial charge in [-0.3, -0.25) is 37.3 Å². The fourth-order valence-corrected chi connectivity index (χ4v) is 11.0. The largest absolute Gasteiger partial charge is 0.472 e. The minimum absolute atomic E-state index is 0.0658. The number of carbonyl (C=O) groups excluding carboxylic acids is 4. The lowest BCUT2D eigenvalue weighted by atomic mass is 10.1. The van der Waals surface area contributed by atoms with Gasteiger partial charge < -0.3 is 33.8 Å². The summed E-state index contributed by atoms with van der Waals surface area (Å²) in [7, 11) is -9.98. The topological polar surface area (TPSA) is 237 Å². The molecule has 5 unspecified atom stereocenters. The first kappa shape index (κ1) is 93.2. The number of hydrogen-bond acceptors (Lipinski definition) is 15. The molecule has 0 amide bonds. The molecule has 0 aliphatic heterocycles. The third-order valence-electron chi connectivity index (χ3n) is 15.1. The van der Waals surface area contributed by atoms with Crippen LogP contribution in [0.2, 0.25) is 0 Å². The van der Waals surface area contributed by atoms with Gasteiger partial charge in [-0.1, -0.05) is 258 Å². The highest BCUT2D eigenvalue weighted by Crippen LogP contribution is 2.45. The van der Waals surface area contributed by atoms with Gasteiger partial charge in [-0.25, -0.2) is 9.13 Å². The van der Waals surface area contributed by atoms with Crippen LogP contribution in [0.3, 0.4) is 0 Å². The Kier molecular flexibility index (Phi) is 67.2. The van der Waals surface area contributed by atoms with Crippen LogP contribution in [0.25, 0.3) is 0 Å². The van der Waals surface area contributed by atoms with Crippen molar-refractivity contribution in [2.75, 3.05) is 39.6 Å². The average molecular weight is 1420 g/mol. The molecule has 560 valence electrons. The van der Waals surface area contributed by atoms with E-state index < -0.39 is 97.5 Å². The summed E-state index contributed by atoms with van der Waals surface area (Å²) in [5.41, 5.74) is 0. The number of aliphatic hydroxyl groups excluding tert-OH is 1. The van der Waals surface area contributed by atoms with Crippen molar-refractivity contribution in [3.63, 3.8) is 0 Å². The van der Waals surface area contributed by atoms with E-state index in [2.05, 4.69) is 149 Å². The maximum Gasteiger partial charge on any atom is 0.472 e. The second kappa shape index (κ2) is 70.6. The molecule has 0 spiro atoms. The minimum Gasteiger partial charge on any atom is -0.462 e. The Morgan fingerprint density at radius 2 is 0.541 bits per heavy atom. The molecular formula is C79H132O17P2. The summed E-state index contributed by atoms with van der Waals surface area (Å²) in [4.78, 5) is 72.7. The Labute approximate surface area is 593 Å². The molecule has 0 fully saturated rings. The van der Waals surface area contributed by atoms with Crippen molar-refractivity contribution < 1.29 is 80.2 Å². The Balaban J connectivity index is 5.42. The van der Waals surface area contributed by atoms with Crippen molar-refractivity contribution in [1.29, 1.82) is 0 Å². The molecule has 0 aliphatic rings. The van der Waals surface area contributed by atoms with Crippen molar-refractivity contribution >= 4 is 39.5 Å². The standard InChI is InChI=1S/C79H132O17P2/c1-5-9-13-17-21-25-29-32-35-36-39-41-45-48-52-56-60-64-77(82)89-69-74(95-78(83)65-61-57-53-49-43-28-24-20-16-12-8-4)71-93-97(85,86)91-67-73(80)68-92-98(87,88)94-72-75(96-79(84)66-62-58-54-50-46-42-38-34-31-27-23-19-15-11-7-3)70-90-76(81)63-59-55-51-47-44-40-37-33-30-26-22-18-14-10-6-2/h9-10,13-14,21-23,25-27,32-35,37-39,41,44,47-48,52,73-75,80H,5-8,11-12,15-20,24,28-31,36,40,42-43,45-46,49-51,53-72H2,1-4H3,(H,85,86)(H,87,88)/b13-9-,14-10-,25-21-,26-22-,27-23-,35-32-,37-33-,38-34-,41-39-,47-44-,52-48-. The molecule has 0 aromatic heterocycles. The highest BCUT2D eigenvalue weighted by Gasteiger charge is 2.30. The maximum atomic E-state index is 13.1. The summed E-state index contributed by atoms with van der Waals surface area (Å²) in [5.74, 6) is -2.31. The predicted octanol–water partition coefficient (Wildman–Crippen LogP) is 21.3. The lowest BCUT2D eigenvalue weighted by Crippen LogP contribution is -2.30.